The van der Waals surface area contributed by atoms with E-state index in [9.17, 15) is 14.7 Å². The molecule has 0 aliphatic heterocycles. The van der Waals surface area contributed by atoms with Crippen LogP contribution < -0.4 is 11.1 Å². The number of esters is 1. The van der Waals surface area contributed by atoms with Gasteiger partial charge in [-0.3, -0.25) is 4.79 Å². The Morgan fingerprint density at radius 2 is 1.76 bits per heavy atom. The van der Waals surface area contributed by atoms with Gasteiger partial charge in [0.2, 0.25) is 0 Å². The van der Waals surface area contributed by atoms with Crippen LogP contribution in [0.3, 0.4) is 0 Å². The third-order valence-corrected chi connectivity index (χ3v) is 3.65. The predicted octanol–water partition coefficient (Wildman–Crippen LogP) is 1.40. The quantitative estimate of drug-likeness (QED) is 0.584. The van der Waals surface area contributed by atoms with Gasteiger partial charge in [-0.2, -0.15) is 0 Å². The molecule has 0 fully saturated rings. The zero-order chi connectivity index (χ0) is 19.0. The summed E-state index contributed by atoms with van der Waals surface area (Å²) in [5.41, 5.74) is 6.89. The molecule has 140 valence electrons. The Labute approximate surface area is 149 Å². The van der Waals surface area contributed by atoms with Crippen LogP contribution in [0.15, 0.2) is 30.3 Å². The minimum atomic E-state index is -1.40. The van der Waals surface area contributed by atoms with E-state index in [1.807, 2.05) is 44.2 Å². The minimum absolute atomic E-state index is 0.181. The third kappa shape index (κ3) is 7.67. The maximum absolute atomic E-state index is 12.3. The Morgan fingerprint density at radius 3 is 2.28 bits per heavy atom. The molecule has 1 rings (SSSR count). The fourth-order valence-electron chi connectivity index (χ4n) is 2.45. The summed E-state index contributed by atoms with van der Waals surface area (Å²) in [6.45, 7) is 7.38. The van der Waals surface area contributed by atoms with E-state index in [4.69, 9.17) is 10.5 Å². The number of ether oxygens (including phenoxy) is 1. The van der Waals surface area contributed by atoms with Crippen LogP contribution in [-0.2, 0) is 20.7 Å². The first-order chi connectivity index (χ1) is 11.7. The molecule has 0 saturated heterocycles. The van der Waals surface area contributed by atoms with Gasteiger partial charge >= 0.3 is 5.97 Å². The number of nitrogens with one attached hydrogen (secondary N) is 1. The Kier molecular flexibility index (Phi) is 8.58. The van der Waals surface area contributed by atoms with Crippen molar-refractivity contribution in [2.45, 2.75) is 64.8 Å². The van der Waals surface area contributed by atoms with E-state index in [-0.39, 0.29) is 12.0 Å². The van der Waals surface area contributed by atoms with Crippen molar-refractivity contribution in [2.24, 2.45) is 11.7 Å². The van der Waals surface area contributed by atoms with E-state index in [0.717, 1.165) is 5.56 Å². The molecule has 0 saturated carbocycles. The second-order valence-electron chi connectivity index (χ2n) is 6.97. The Hall–Kier alpha value is -1.92. The van der Waals surface area contributed by atoms with Crippen LogP contribution in [0.25, 0.3) is 0 Å². The second kappa shape index (κ2) is 10.2. The standard InChI is InChI=1S/C19H30N2O4/c1-12(2)10-16(19(24)25-13(3)4)21-18(23)17(22)15(20)11-14-8-6-5-7-9-14/h5-9,12-13,15-17,22H,10-11,20H2,1-4H3,(H,21,23)/t15-,16+,17+/m1/s1. The normalized spacial score (nSPS) is 14.9. The number of hydrogen-bond donors (Lipinski definition) is 3. The van der Waals surface area contributed by atoms with E-state index in [2.05, 4.69) is 5.32 Å². The molecule has 0 radical (unpaired) electrons. The number of aliphatic hydroxyl groups is 1. The van der Waals surface area contributed by atoms with Crippen molar-refractivity contribution >= 4 is 11.9 Å². The molecule has 0 aromatic heterocycles. The number of benzene rings is 1. The first-order valence-electron chi connectivity index (χ1n) is 8.69. The summed E-state index contributed by atoms with van der Waals surface area (Å²) in [5, 5.41) is 12.8. The summed E-state index contributed by atoms with van der Waals surface area (Å²) < 4.78 is 5.18. The van der Waals surface area contributed by atoms with Crippen LogP contribution in [0.2, 0.25) is 0 Å². The van der Waals surface area contributed by atoms with Gasteiger partial charge < -0.3 is 20.9 Å². The van der Waals surface area contributed by atoms with E-state index in [1.165, 1.54) is 0 Å². The highest BCUT2D eigenvalue weighted by Gasteiger charge is 2.29. The van der Waals surface area contributed by atoms with Gasteiger partial charge in [0.25, 0.3) is 5.91 Å². The van der Waals surface area contributed by atoms with Gasteiger partial charge in [0.15, 0.2) is 0 Å². The minimum Gasteiger partial charge on any atom is -0.461 e. The van der Waals surface area contributed by atoms with E-state index >= 15 is 0 Å². The second-order valence-corrected chi connectivity index (χ2v) is 6.97. The van der Waals surface area contributed by atoms with Crippen LogP contribution in [0.1, 0.15) is 39.7 Å². The molecule has 6 nitrogen and oxygen atoms in total. The molecular weight excluding hydrogens is 320 g/mol. The molecule has 3 atom stereocenters. The molecule has 4 N–H and O–H groups in total. The number of rotatable bonds is 9. The lowest BCUT2D eigenvalue weighted by Crippen LogP contribution is -2.52. The van der Waals surface area contributed by atoms with Crippen LogP contribution in [0.5, 0.6) is 0 Å². The van der Waals surface area contributed by atoms with E-state index in [0.29, 0.717) is 12.8 Å². The molecule has 0 bridgehead atoms. The van der Waals surface area contributed by atoms with Gasteiger partial charge in [0, 0.05) is 6.04 Å². The molecule has 25 heavy (non-hydrogen) atoms. The fraction of sp³-hybridized carbons (Fsp3) is 0.579. The third-order valence-electron chi connectivity index (χ3n) is 3.65. The summed E-state index contributed by atoms with van der Waals surface area (Å²) in [6, 6.07) is 7.83. The van der Waals surface area contributed by atoms with Gasteiger partial charge in [-0.15, -0.1) is 0 Å². The van der Waals surface area contributed by atoms with Crippen LogP contribution in [0, 0.1) is 5.92 Å². The summed E-state index contributed by atoms with van der Waals surface area (Å²) in [5.74, 6) is -0.976. The van der Waals surface area contributed by atoms with Crippen molar-refractivity contribution in [3.05, 3.63) is 35.9 Å². The Morgan fingerprint density at radius 1 is 1.16 bits per heavy atom. The van der Waals surface area contributed by atoms with Crippen molar-refractivity contribution < 1.29 is 19.4 Å². The average Bonchev–Trinajstić information content (AvgIpc) is 2.53. The lowest BCUT2D eigenvalue weighted by atomic mass is 10.00. The highest BCUT2D eigenvalue weighted by molar-refractivity contribution is 5.87. The first kappa shape index (κ1) is 21.1. The molecule has 0 spiro atoms. The van der Waals surface area contributed by atoms with E-state index < -0.39 is 30.1 Å². The maximum atomic E-state index is 12.3. The summed E-state index contributed by atoms with van der Waals surface area (Å²) in [6.07, 6.45) is -0.885. The van der Waals surface area contributed by atoms with Crippen LogP contribution in [0.4, 0.5) is 0 Å². The van der Waals surface area contributed by atoms with Crippen molar-refractivity contribution in [2.75, 3.05) is 0 Å². The molecule has 6 heteroatoms. The van der Waals surface area contributed by atoms with Crippen LogP contribution >= 0.6 is 0 Å². The lowest BCUT2D eigenvalue weighted by molar-refractivity contribution is -0.153. The number of amides is 1. The highest BCUT2D eigenvalue weighted by Crippen LogP contribution is 2.10. The summed E-state index contributed by atoms with van der Waals surface area (Å²) >= 11 is 0. The fourth-order valence-corrected chi connectivity index (χ4v) is 2.45. The Bertz CT molecular complexity index is 546. The molecule has 1 aromatic rings. The maximum Gasteiger partial charge on any atom is 0.328 e. The summed E-state index contributed by atoms with van der Waals surface area (Å²) in [7, 11) is 0. The van der Waals surface area contributed by atoms with Gasteiger partial charge in [-0.25, -0.2) is 4.79 Å². The molecule has 0 heterocycles. The number of carbonyl (C=O) groups excluding carboxylic acids is 2. The molecular formula is C19H30N2O4. The highest BCUT2D eigenvalue weighted by atomic mass is 16.5. The van der Waals surface area contributed by atoms with Crippen molar-refractivity contribution in [1.82, 2.24) is 5.32 Å². The van der Waals surface area contributed by atoms with Crippen molar-refractivity contribution in [1.29, 1.82) is 0 Å². The zero-order valence-electron chi connectivity index (χ0n) is 15.4. The van der Waals surface area contributed by atoms with Crippen LogP contribution in [-0.4, -0.2) is 41.3 Å². The average molecular weight is 350 g/mol. The lowest BCUT2D eigenvalue weighted by Gasteiger charge is -2.24. The Balaban J connectivity index is 2.68. The number of nitrogens with two attached hydrogens (primary N) is 1. The van der Waals surface area contributed by atoms with Gasteiger partial charge in [0.1, 0.15) is 12.1 Å². The van der Waals surface area contributed by atoms with Gasteiger partial charge in [0.05, 0.1) is 6.10 Å². The first-order valence-corrected chi connectivity index (χ1v) is 8.69. The van der Waals surface area contributed by atoms with Gasteiger partial charge in [-0.1, -0.05) is 44.2 Å². The monoisotopic (exact) mass is 350 g/mol. The molecule has 1 amide bonds. The van der Waals surface area contributed by atoms with Gasteiger partial charge in [-0.05, 0) is 38.2 Å². The summed E-state index contributed by atoms with van der Waals surface area (Å²) in [4.78, 5) is 24.5. The van der Waals surface area contributed by atoms with Crippen molar-refractivity contribution in [3.8, 4) is 0 Å². The molecule has 0 aliphatic carbocycles. The van der Waals surface area contributed by atoms with E-state index in [1.54, 1.807) is 13.8 Å². The largest absolute Gasteiger partial charge is 0.461 e. The zero-order valence-corrected chi connectivity index (χ0v) is 15.4. The smallest absolute Gasteiger partial charge is 0.328 e. The predicted molar refractivity (Wildman–Crippen MR) is 96.7 cm³/mol. The SMILES string of the molecule is CC(C)C[C@H](NC(=O)[C@@H](O)[C@H](N)Cc1ccccc1)C(=O)OC(C)C. The number of hydrogen-bond acceptors (Lipinski definition) is 5. The topological polar surface area (TPSA) is 102 Å². The van der Waals surface area contributed by atoms with Crippen molar-refractivity contribution in [3.63, 3.8) is 0 Å². The molecule has 0 aliphatic rings. The molecule has 1 aromatic carbocycles. The number of aliphatic hydroxyl groups excluding tert-OH is 1. The molecule has 0 unspecified atom stereocenters. The number of carbonyl (C=O) groups is 2.